The molecule has 1 aromatic rings. The van der Waals surface area contributed by atoms with Crippen LogP contribution in [0.3, 0.4) is 0 Å². The van der Waals surface area contributed by atoms with E-state index in [-0.39, 0.29) is 6.03 Å². The molecule has 80 valence electrons. The zero-order valence-electron chi connectivity index (χ0n) is 7.56. The van der Waals surface area contributed by atoms with Crippen LogP contribution in [0.15, 0.2) is 16.6 Å². The molecule has 1 aromatic carbocycles. The van der Waals surface area contributed by atoms with E-state index in [9.17, 15) is 4.79 Å². The van der Waals surface area contributed by atoms with Crippen LogP contribution in [0, 0.1) is 0 Å². The van der Waals surface area contributed by atoms with Gasteiger partial charge in [-0.05, 0) is 28.1 Å². The SMILES string of the molecule is O=C1NCCN1c1ccc(Br)c(Cl)c1Cl. The molecule has 0 aromatic heterocycles. The molecule has 1 heterocycles. The molecule has 0 radical (unpaired) electrons. The van der Waals surface area contributed by atoms with Crippen LogP contribution >= 0.6 is 39.1 Å². The number of nitrogens with zero attached hydrogens (tertiary/aromatic N) is 1. The number of hydrogen-bond acceptors (Lipinski definition) is 1. The van der Waals surface area contributed by atoms with Crippen molar-refractivity contribution in [2.75, 3.05) is 18.0 Å². The first-order valence-corrected chi connectivity index (χ1v) is 5.85. The zero-order chi connectivity index (χ0) is 11.0. The van der Waals surface area contributed by atoms with Crippen LogP contribution in [0.4, 0.5) is 10.5 Å². The van der Waals surface area contributed by atoms with Gasteiger partial charge in [-0.3, -0.25) is 4.90 Å². The van der Waals surface area contributed by atoms with Gasteiger partial charge in [0.1, 0.15) is 0 Å². The zero-order valence-corrected chi connectivity index (χ0v) is 10.7. The third-order valence-corrected chi connectivity index (χ3v) is 3.92. The van der Waals surface area contributed by atoms with Crippen LogP contribution in [0.25, 0.3) is 0 Å². The van der Waals surface area contributed by atoms with E-state index in [1.807, 2.05) is 0 Å². The van der Waals surface area contributed by atoms with Gasteiger partial charge in [-0.1, -0.05) is 23.2 Å². The maximum Gasteiger partial charge on any atom is 0.322 e. The number of halogens is 3. The molecule has 1 fully saturated rings. The molecule has 0 atom stereocenters. The average Bonchev–Trinajstić information content (AvgIpc) is 2.62. The standard InChI is InChI=1S/C9H7BrCl2N2O/c10-5-1-2-6(8(12)7(5)11)14-4-3-13-9(14)15/h1-2H,3-4H2,(H,13,15). The van der Waals surface area contributed by atoms with Crippen LogP contribution in [-0.4, -0.2) is 19.1 Å². The van der Waals surface area contributed by atoms with E-state index in [1.165, 1.54) is 0 Å². The average molecular weight is 310 g/mol. The van der Waals surface area contributed by atoms with Crippen molar-refractivity contribution in [2.24, 2.45) is 0 Å². The van der Waals surface area contributed by atoms with Crippen molar-refractivity contribution in [3.05, 3.63) is 26.7 Å². The van der Waals surface area contributed by atoms with Gasteiger partial charge in [0.05, 0.1) is 15.7 Å². The fraction of sp³-hybridized carbons (Fsp3) is 0.222. The van der Waals surface area contributed by atoms with Gasteiger partial charge >= 0.3 is 6.03 Å². The van der Waals surface area contributed by atoms with E-state index < -0.39 is 0 Å². The Morgan fingerprint density at radius 3 is 2.67 bits per heavy atom. The van der Waals surface area contributed by atoms with Crippen molar-refractivity contribution in [3.8, 4) is 0 Å². The predicted octanol–water partition coefficient (Wildman–Crippen LogP) is 3.29. The van der Waals surface area contributed by atoms with Gasteiger partial charge in [-0.2, -0.15) is 0 Å². The van der Waals surface area contributed by atoms with Crippen molar-refractivity contribution in [1.29, 1.82) is 0 Å². The molecule has 1 aliphatic heterocycles. The highest BCUT2D eigenvalue weighted by atomic mass is 79.9. The number of rotatable bonds is 1. The molecule has 3 nitrogen and oxygen atoms in total. The van der Waals surface area contributed by atoms with Crippen molar-refractivity contribution < 1.29 is 4.79 Å². The van der Waals surface area contributed by atoms with Crippen LogP contribution < -0.4 is 10.2 Å². The highest BCUT2D eigenvalue weighted by Gasteiger charge is 2.24. The minimum atomic E-state index is -0.143. The number of hydrogen-bond donors (Lipinski definition) is 1. The molecule has 0 bridgehead atoms. The second-order valence-corrected chi connectivity index (χ2v) is 4.69. The first kappa shape index (κ1) is 11.0. The molecule has 0 spiro atoms. The molecule has 0 aliphatic carbocycles. The molecule has 2 rings (SSSR count). The number of anilines is 1. The molecule has 2 amide bonds. The topological polar surface area (TPSA) is 32.3 Å². The Kier molecular flexibility index (Phi) is 3.09. The minimum absolute atomic E-state index is 0.143. The molecule has 6 heteroatoms. The summed E-state index contributed by atoms with van der Waals surface area (Å²) in [5, 5.41) is 3.52. The number of amides is 2. The maximum absolute atomic E-state index is 11.4. The van der Waals surface area contributed by atoms with Gasteiger partial charge < -0.3 is 5.32 Å². The van der Waals surface area contributed by atoms with Crippen molar-refractivity contribution >= 4 is 50.9 Å². The van der Waals surface area contributed by atoms with E-state index in [1.54, 1.807) is 17.0 Å². The minimum Gasteiger partial charge on any atom is -0.336 e. The fourth-order valence-electron chi connectivity index (χ4n) is 1.43. The molecule has 1 N–H and O–H groups in total. The fourth-order valence-corrected chi connectivity index (χ4v) is 2.30. The van der Waals surface area contributed by atoms with Gasteiger partial charge in [0.2, 0.25) is 0 Å². The first-order valence-electron chi connectivity index (χ1n) is 4.30. The molecule has 0 unspecified atom stereocenters. The summed E-state index contributed by atoms with van der Waals surface area (Å²) in [6, 6.07) is 3.40. The van der Waals surface area contributed by atoms with E-state index >= 15 is 0 Å². The Labute approximate surface area is 105 Å². The first-order chi connectivity index (χ1) is 7.11. The van der Waals surface area contributed by atoms with Gasteiger partial charge in [0, 0.05) is 17.6 Å². The Balaban J connectivity index is 2.45. The van der Waals surface area contributed by atoms with E-state index in [4.69, 9.17) is 23.2 Å². The number of carbonyl (C=O) groups excluding carboxylic acids is 1. The van der Waals surface area contributed by atoms with E-state index in [0.29, 0.717) is 28.8 Å². The molecule has 15 heavy (non-hydrogen) atoms. The Morgan fingerprint density at radius 1 is 1.33 bits per heavy atom. The number of carbonyl (C=O) groups is 1. The summed E-state index contributed by atoms with van der Waals surface area (Å²) in [5.74, 6) is 0. The molecule has 0 saturated carbocycles. The van der Waals surface area contributed by atoms with Gasteiger partial charge in [-0.25, -0.2) is 4.79 Å². The van der Waals surface area contributed by atoms with Crippen LogP contribution in [0.1, 0.15) is 0 Å². The Bertz CT molecular complexity index is 425. The second kappa shape index (κ2) is 4.20. The van der Waals surface area contributed by atoms with Crippen LogP contribution in [-0.2, 0) is 0 Å². The van der Waals surface area contributed by atoms with E-state index in [0.717, 1.165) is 4.47 Å². The van der Waals surface area contributed by atoms with Gasteiger partial charge in [0.25, 0.3) is 0 Å². The summed E-state index contributed by atoms with van der Waals surface area (Å²) in [4.78, 5) is 13.0. The summed E-state index contributed by atoms with van der Waals surface area (Å²) in [6.45, 7) is 1.24. The summed E-state index contributed by atoms with van der Waals surface area (Å²) in [7, 11) is 0. The van der Waals surface area contributed by atoms with E-state index in [2.05, 4.69) is 21.2 Å². The normalized spacial score (nSPS) is 15.7. The quantitative estimate of drug-likeness (QED) is 0.793. The lowest BCUT2D eigenvalue weighted by Gasteiger charge is -2.16. The highest BCUT2D eigenvalue weighted by Crippen LogP contribution is 2.38. The predicted molar refractivity (Wildman–Crippen MR) is 64.9 cm³/mol. The maximum atomic E-state index is 11.4. The second-order valence-electron chi connectivity index (χ2n) is 3.08. The molecule has 1 saturated heterocycles. The summed E-state index contributed by atoms with van der Waals surface area (Å²) < 4.78 is 0.720. The third-order valence-electron chi connectivity index (χ3n) is 2.16. The van der Waals surface area contributed by atoms with Crippen molar-refractivity contribution in [2.45, 2.75) is 0 Å². The van der Waals surface area contributed by atoms with Crippen molar-refractivity contribution in [3.63, 3.8) is 0 Å². The molecule has 1 aliphatic rings. The number of urea groups is 1. The summed E-state index contributed by atoms with van der Waals surface area (Å²) in [5.41, 5.74) is 0.639. The lowest BCUT2D eigenvalue weighted by Crippen LogP contribution is -2.27. The van der Waals surface area contributed by atoms with Gasteiger partial charge in [-0.15, -0.1) is 0 Å². The number of nitrogens with one attached hydrogen (secondary N) is 1. The summed E-state index contributed by atoms with van der Waals surface area (Å²) >= 11 is 15.3. The lowest BCUT2D eigenvalue weighted by molar-refractivity contribution is 0.252. The number of benzene rings is 1. The Morgan fingerprint density at radius 2 is 2.07 bits per heavy atom. The van der Waals surface area contributed by atoms with Crippen LogP contribution in [0.5, 0.6) is 0 Å². The third kappa shape index (κ3) is 1.94. The van der Waals surface area contributed by atoms with Crippen molar-refractivity contribution in [1.82, 2.24) is 5.32 Å². The molecular weight excluding hydrogens is 303 g/mol. The largest absolute Gasteiger partial charge is 0.336 e. The summed E-state index contributed by atoms with van der Waals surface area (Å²) in [6.07, 6.45) is 0. The van der Waals surface area contributed by atoms with Gasteiger partial charge in [0.15, 0.2) is 0 Å². The highest BCUT2D eigenvalue weighted by molar-refractivity contribution is 9.10. The Hall–Kier alpha value is -0.450. The lowest BCUT2D eigenvalue weighted by atomic mass is 10.3. The smallest absolute Gasteiger partial charge is 0.322 e. The monoisotopic (exact) mass is 308 g/mol. The molecular formula is C9H7BrCl2N2O. The van der Waals surface area contributed by atoms with Crippen LogP contribution in [0.2, 0.25) is 10.0 Å².